The molecule has 4 N–H and O–H groups in total. The molecule has 0 heterocycles. The molecular weight excluding hydrogens is 198 g/mol. The summed E-state index contributed by atoms with van der Waals surface area (Å²) < 4.78 is 0. The van der Waals surface area contributed by atoms with Crippen molar-refractivity contribution in [2.45, 2.75) is 0 Å². The largest absolute Gasteiger partial charge is 0.507 e. The van der Waals surface area contributed by atoms with Gasteiger partial charge in [-0.05, 0) is 24.1 Å². The number of carboxylic acids is 1. The SMILES string of the molecule is NC(=O)C#Cc1ccc(C(=O)O)c(O)c1. The van der Waals surface area contributed by atoms with Gasteiger partial charge in [-0.1, -0.05) is 5.92 Å². The molecule has 1 amide bonds. The maximum absolute atomic E-state index is 10.5. The lowest BCUT2D eigenvalue weighted by molar-refractivity contribution is -0.112. The van der Waals surface area contributed by atoms with Crippen molar-refractivity contribution >= 4 is 11.9 Å². The number of carbonyl (C=O) groups is 2. The van der Waals surface area contributed by atoms with Crippen LogP contribution in [-0.2, 0) is 4.79 Å². The number of hydrogen-bond donors (Lipinski definition) is 3. The lowest BCUT2D eigenvalue weighted by atomic mass is 10.1. The number of aromatic carboxylic acids is 1. The van der Waals surface area contributed by atoms with E-state index in [9.17, 15) is 14.7 Å². The Morgan fingerprint density at radius 2 is 2.00 bits per heavy atom. The molecule has 0 aromatic heterocycles. The fourth-order valence-electron chi connectivity index (χ4n) is 0.924. The smallest absolute Gasteiger partial charge is 0.339 e. The van der Waals surface area contributed by atoms with Crippen LogP contribution >= 0.6 is 0 Å². The number of aromatic hydroxyl groups is 1. The quantitative estimate of drug-likeness (QED) is 0.558. The fraction of sp³-hybridized carbons (Fsp3) is 0. The van der Waals surface area contributed by atoms with Gasteiger partial charge in [0.2, 0.25) is 0 Å². The molecule has 15 heavy (non-hydrogen) atoms. The summed E-state index contributed by atoms with van der Waals surface area (Å²) in [7, 11) is 0. The molecule has 0 saturated carbocycles. The summed E-state index contributed by atoms with van der Waals surface area (Å²) in [6.07, 6.45) is 0. The predicted molar refractivity (Wildman–Crippen MR) is 51.1 cm³/mol. The maximum Gasteiger partial charge on any atom is 0.339 e. The molecule has 0 aliphatic carbocycles. The first-order chi connectivity index (χ1) is 7.00. The monoisotopic (exact) mass is 205 g/mol. The van der Waals surface area contributed by atoms with Gasteiger partial charge >= 0.3 is 5.97 Å². The molecule has 0 radical (unpaired) electrons. The number of amides is 1. The molecule has 0 atom stereocenters. The minimum absolute atomic E-state index is 0.223. The molecule has 0 saturated heterocycles. The minimum Gasteiger partial charge on any atom is -0.507 e. The van der Waals surface area contributed by atoms with Crippen LogP contribution in [0.3, 0.4) is 0 Å². The van der Waals surface area contributed by atoms with Crippen LogP contribution in [0.15, 0.2) is 18.2 Å². The van der Waals surface area contributed by atoms with Gasteiger partial charge in [0, 0.05) is 5.56 Å². The van der Waals surface area contributed by atoms with E-state index in [1.165, 1.54) is 12.1 Å². The Morgan fingerprint density at radius 1 is 1.33 bits per heavy atom. The van der Waals surface area contributed by atoms with Crippen molar-refractivity contribution in [3.05, 3.63) is 29.3 Å². The van der Waals surface area contributed by atoms with E-state index in [0.29, 0.717) is 5.56 Å². The second kappa shape index (κ2) is 4.15. The third-order valence-electron chi connectivity index (χ3n) is 1.56. The first-order valence-electron chi connectivity index (χ1n) is 3.88. The number of phenols is 1. The van der Waals surface area contributed by atoms with Crippen molar-refractivity contribution in [3.63, 3.8) is 0 Å². The van der Waals surface area contributed by atoms with E-state index in [4.69, 9.17) is 10.8 Å². The van der Waals surface area contributed by atoms with Crippen LogP contribution in [0.2, 0.25) is 0 Å². The Bertz CT molecular complexity index is 482. The zero-order valence-corrected chi connectivity index (χ0v) is 7.52. The topological polar surface area (TPSA) is 101 Å². The standard InChI is InChI=1S/C10H7NO4/c11-9(13)4-2-6-1-3-7(10(14)15)8(12)5-6/h1,3,5,12H,(H2,11,13)(H,14,15). The van der Waals surface area contributed by atoms with E-state index >= 15 is 0 Å². The third kappa shape index (κ3) is 2.74. The average molecular weight is 205 g/mol. The van der Waals surface area contributed by atoms with Crippen molar-refractivity contribution in [1.29, 1.82) is 0 Å². The van der Waals surface area contributed by atoms with Gasteiger partial charge in [-0.3, -0.25) is 4.79 Å². The molecule has 1 aromatic rings. The van der Waals surface area contributed by atoms with Crippen molar-refractivity contribution in [2.75, 3.05) is 0 Å². The van der Waals surface area contributed by atoms with E-state index in [0.717, 1.165) is 6.07 Å². The lowest BCUT2D eigenvalue weighted by Gasteiger charge is -1.98. The highest BCUT2D eigenvalue weighted by molar-refractivity contribution is 5.93. The molecule has 76 valence electrons. The van der Waals surface area contributed by atoms with Gasteiger partial charge < -0.3 is 15.9 Å². The van der Waals surface area contributed by atoms with E-state index in [-0.39, 0.29) is 5.56 Å². The summed E-state index contributed by atoms with van der Waals surface area (Å²) >= 11 is 0. The van der Waals surface area contributed by atoms with E-state index in [2.05, 4.69) is 11.8 Å². The molecule has 0 aliphatic heterocycles. The molecule has 0 bridgehead atoms. The van der Waals surface area contributed by atoms with Crippen LogP contribution < -0.4 is 5.73 Å². The normalized spacial score (nSPS) is 8.80. The van der Waals surface area contributed by atoms with Crippen molar-refractivity contribution in [2.24, 2.45) is 5.73 Å². The summed E-state index contributed by atoms with van der Waals surface area (Å²) in [5.41, 5.74) is 4.88. The highest BCUT2D eigenvalue weighted by Gasteiger charge is 2.08. The second-order valence-corrected chi connectivity index (χ2v) is 2.65. The average Bonchev–Trinajstić information content (AvgIpc) is 2.14. The van der Waals surface area contributed by atoms with Gasteiger partial charge in [0.1, 0.15) is 11.3 Å². The fourth-order valence-corrected chi connectivity index (χ4v) is 0.924. The number of carbonyl (C=O) groups excluding carboxylic acids is 1. The molecule has 5 nitrogen and oxygen atoms in total. The maximum atomic E-state index is 10.5. The molecule has 1 rings (SSSR count). The summed E-state index contributed by atoms with van der Waals surface area (Å²) in [5, 5.41) is 17.9. The Labute approximate surface area is 85.1 Å². The van der Waals surface area contributed by atoms with Crippen LogP contribution in [0.4, 0.5) is 0 Å². The number of nitrogens with two attached hydrogens (primary N) is 1. The number of rotatable bonds is 1. The molecule has 1 aromatic carbocycles. The van der Waals surface area contributed by atoms with Crippen LogP contribution in [0.5, 0.6) is 5.75 Å². The van der Waals surface area contributed by atoms with Crippen molar-refractivity contribution in [3.8, 4) is 17.6 Å². The van der Waals surface area contributed by atoms with Gasteiger partial charge in [0.25, 0.3) is 5.91 Å². The van der Waals surface area contributed by atoms with Crippen LogP contribution in [0, 0.1) is 11.8 Å². The predicted octanol–water partition coefficient (Wildman–Crippen LogP) is -0.0728. The van der Waals surface area contributed by atoms with Gasteiger partial charge in [-0.15, -0.1) is 0 Å². The molecule has 0 fully saturated rings. The third-order valence-corrected chi connectivity index (χ3v) is 1.56. The minimum atomic E-state index is -1.23. The number of benzene rings is 1. The van der Waals surface area contributed by atoms with Crippen molar-refractivity contribution < 1.29 is 19.8 Å². The molecule has 0 unspecified atom stereocenters. The Hall–Kier alpha value is -2.48. The summed E-state index contributed by atoms with van der Waals surface area (Å²) in [5.74, 6) is 2.01. The lowest BCUT2D eigenvalue weighted by Crippen LogP contribution is -2.06. The highest BCUT2D eigenvalue weighted by atomic mass is 16.4. The van der Waals surface area contributed by atoms with E-state index in [1.807, 2.05) is 0 Å². The first kappa shape index (κ1) is 10.6. The second-order valence-electron chi connectivity index (χ2n) is 2.65. The van der Waals surface area contributed by atoms with Crippen molar-refractivity contribution in [1.82, 2.24) is 0 Å². The zero-order valence-electron chi connectivity index (χ0n) is 7.52. The summed E-state index contributed by atoms with van der Waals surface area (Å²) in [6, 6.07) is 3.72. The molecule has 0 spiro atoms. The van der Waals surface area contributed by atoms with Gasteiger partial charge in [0.05, 0.1) is 0 Å². The van der Waals surface area contributed by atoms with Crippen LogP contribution in [-0.4, -0.2) is 22.1 Å². The summed E-state index contributed by atoms with van der Waals surface area (Å²) in [4.78, 5) is 20.9. The van der Waals surface area contributed by atoms with Gasteiger partial charge in [-0.2, -0.15) is 0 Å². The first-order valence-corrected chi connectivity index (χ1v) is 3.88. The number of carboxylic acid groups (broad SMARTS) is 1. The van der Waals surface area contributed by atoms with E-state index < -0.39 is 17.6 Å². The number of primary amides is 1. The molecule has 0 aliphatic rings. The highest BCUT2D eigenvalue weighted by Crippen LogP contribution is 2.17. The van der Waals surface area contributed by atoms with Crippen LogP contribution in [0.25, 0.3) is 0 Å². The Balaban J connectivity index is 3.09. The molecule has 5 heteroatoms. The Morgan fingerprint density at radius 3 is 2.47 bits per heavy atom. The van der Waals surface area contributed by atoms with Gasteiger partial charge in [-0.25, -0.2) is 4.79 Å². The van der Waals surface area contributed by atoms with Crippen LogP contribution in [0.1, 0.15) is 15.9 Å². The van der Waals surface area contributed by atoms with E-state index in [1.54, 1.807) is 0 Å². The number of hydrogen-bond acceptors (Lipinski definition) is 3. The molecular formula is C10H7NO4. The Kier molecular flexibility index (Phi) is 2.94. The van der Waals surface area contributed by atoms with Gasteiger partial charge in [0.15, 0.2) is 0 Å². The summed E-state index contributed by atoms with van der Waals surface area (Å²) in [6.45, 7) is 0. The zero-order chi connectivity index (χ0) is 11.4.